The van der Waals surface area contributed by atoms with Crippen molar-refractivity contribution in [3.05, 3.63) is 75.9 Å². The Morgan fingerprint density at radius 1 is 0.944 bits per heavy atom. The van der Waals surface area contributed by atoms with Crippen LogP contribution in [0.1, 0.15) is 94.9 Å². The molecule has 0 radical (unpaired) electrons. The Kier molecular flexibility index (Phi) is 7.37. The van der Waals surface area contributed by atoms with Crippen molar-refractivity contribution in [2.24, 2.45) is 22.2 Å². The van der Waals surface area contributed by atoms with Crippen molar-refractivity contribution < 1.29 is 8.78 Å². The van der Waals surface area contributed by atoms with Crippen LogP contribution in [-0.4, -0.2) is 18.5 Å². The largest absolute Gasteiger partial charge is 0.303 e. The van der Waals surface area contributed by atoms with Crippen LogP contribution >= 0.6 is 0 Å². The van der Waals surface area contributed by atoms with Gasteiger partial charge in [-0.25, -0.2) is 8.78 Å². The van der Waals surface area contributed by atoms with E-state index in [0.29, 0.717) is 11.6 Å². The van der Waals surface area contributed by atoms with Gasteiger partial charge in [0.2, 0.25) is 0 Å². The molecule has 2 nitrogen and oxygen atoms in total. The number of nitrogens with one attached hydrogen (secondary N) is 1. The van der Waals surface area contributed by atoms with Gasteiger partial charge in [-0.05, 0) is 96.7 Å². The van der Waals surface area contributed by atoms with Crippen molar-refractivity contribution in [3.63, 3.8) is 0 Å². The topological polar surface area (TPSA) is 36.2 Å². The summed E-state index contributed by atoms with van der Waals surface area (Å²) in [4.78, 5) is 4.70. The summed E-state index contributed by atoms with van der Waals surface area (Å²) in [6, 6.07) is 11.6. The van der Waals surface area contributed by atoms with E-state index < -0.39 is 11.6 Å². The molecule has 2 aromatic carbocycles. The van der Waals surface area contributed by atoms with Crippen LogP contribution < -0.4 is 0 Å². The summed E-state index contributed by atoms with van der Waals surface area (Å²) < 4.78 is 28.9. The SMILES string of the molecule is CN=C(C(=N)C(C)C)C(c1ccc(C(=C(C)C)C(C)C)cc1)C1c2cc(F)c(F)cc2CCC12CC2. The lowest BCUT2D eigenvalue weighted by Gasteiger charge is -2.40. The van der Waals surface area contributed by atoms with Gasteiger partial charge in [0.1, 0.15) is 0 Å². The van der Waals surface area contributed by atoms with Crippen molar-refractivity contribution in [1.29, 1.82) is 5.41 Å². The number of hydrogen-bond acceptors (Lipinski definition) is 2. The number of benzene rings is 2. The van der Waals surface area contributed by atoms with Crippen molar-refractivity contribution in [3.8, 4) is 0 Å². The number of nitrogens with zero attached hydrogens (tertiary/aromatic N) is 1. The van der Waals surface area contributed by atoms with E-state index in [4.69, 9.17) is 10.4 Å². The van der Waals surface area contributed by atoms with Gasteiger partial charge in [-0.2, -0.15) is 0 Å². The minimum atomic E-state index is -0.787. The second-order valence-corrected chi connectivity index (χ2v) is 11.7. The van der Waals surface area contributed by atoms with Gasteiger partial charge in [0.05, 0.1) is 11.4 Å². The van der Waals surface area contributed by atoms with E-state index in [9.17, 15) is 8.78 Å². The number of fused-ring (bicyclic) bond motifs is 1. The van der Waals surface area contributed by atoms with Crippen LogP contribution in [0.4, 0.5) is 8.78 Å². The second-order valence-electron chi connectivity index (χ2n) is 11.7. The molecular weight excluding hydrogens is 450 g/mol. The summed E-state index contributed by atoms with van der Waals surface area (Å²) in [6.07, 6.45) is 3.89. The minimum absolute atomic E-state index is 0.0202. The third kappa shape index (κ3) is 4.71. The first-order valence-corrected chi connectivity index (χ1v) is 13.3. The van der Waals surface area contributed by atoms with Gasteiger partial charge in [-0.1, -0.05) is 57.5 Å². The molecule has 4 rings (SSSR count). The van der Waals surface area contributed by atoms with Gasteiger partial charge in [0.15, 0.2) is 11.6 Å². The maximum Gasteiger partial charge on any atom is 0.159 e. The molecule has 4 heteroatoms. The third-order valence-corrected chi connectivity index (χ3v) is 8.38. The number of aliphatic imine (C=N–C) groups is 1. The Morgan fingerprint density at radius 3 is 2.06 bits per heavy atom. The van der Waals surface area contributed by atoms with Crippen LogP contribution in [0.2, 0.25) is 0 Å². The predicted molar refractivity (Wildman–Crippen MR) is 147 cm³/mol. The van der Waals surface area contributed by atoms with Crippen LogP contribution in [0.15, 0.2) is 47.0 Å². The van der Waals surface area contributed by atoms with E-state index in [-0.39, 0.29) is 23.2 Å². The number of halogens is 2. The Hall–Kier alpha value is -2.62. The quantitative estimate of drug-likeness (QED) is 0.377. The molecule has 0 aromatic heterocycles. The molecule has 2 atom stereocenters. The van der Waals surface area contributed by atoms with Crippen molar-refractivity contribution in [2.45, 2.75) is 79.1 Å². The van der Waals surface area contributed by atoms with E-state index in [1.165, 1.54) is 28.8 Å². The lowest BCUT2D eigenvalue weighted by molar-refractivity contribution is 0.330. The number of aryl methyl sites for hydroxylation is 1. The molecule has 1 saturated carbocycles. The highest BCUT2D eigenvalue weighted by Crippen LogP contribution is 2.66. The van der Waals surface area contributed by atoms with E-state index >= 15 is 0 Å². The lowest BCUT2D eigenvalue weighted by atomic mass is 9.63. The van der Waals surface area contributed by atoms with Gasteiger partial charge in [0, 0.05) is 18.9 Å². The van der Waals surface area contributed by atoms with E-state index in [1.54, 1.807) is 7.05 Å². The second kappa shape index (κ2) is 10.0. The monoisotopic (exact) mass is 490 g/mol. The van der Waals surface area contributed by atoms with E-state index in [0.717, 1.165) is 48.1 Å². The van der Waals surface area contributed by atoms with Crippen molar-refractivity contribution in [2.75, 3.05) is 7.05 Å². The molecule has 1 N–H and O–H groups in total. The highest BCUT2D eigenvalue weighted by Gasteiger charge is 2.56. The molecule has 2 aliphatic rings. The maximum absolute atomic E-state index is 14.6. The molecule has 1 spiro atoms. The summed E-state index contributed by atoms with van der Waals surface area (Å²) in [5, 5.41) is 8.96. The Morgan fingerprint density at radius 2 is 1.56 bits per heavy atom. The Bertz CT molecular complexity index is 1210. The van der Waals surface area contributed by atoms with E-state index in [1.807, 2.05) is 13.8 Å². The highest BCUT2D eigenvalue weighted by molar-refractivity contribution is 6.43. The average Bonchev–Trinajstić information content (AvgIpc) is 3.59. The molecule has 36 heavy (non-hydrogen) atoms. The first kappa shape index (κ1) is 26.4. The summed E-state index contributed by atoms with van der Waals surface area (Å²) in [7, 11) is 1.77. The molecule has 0 amide bonds. The van der Waals surface area contributed by atoms with E-state index in [2.05, 4.69) is 52.0 Å². The molecule has 0 heterocycles. The van der Waals surface area contributed by atoms with Crippen LogP contribution in [0.5, 0.6) is 0 Å². The third-order valence-electron chi connectivity index (χ3n) is 8.38. The van der Waals surface area contributed by atoms with Crippen LogP contribution in [-0.2, 0) is 6.42 Å². The highest BCUT2D eigenvalue weighted by atomic mass is 19.2. The van der Waals surface area contributed by atoms with Gasteiger partial charge >= 0.3 is 0 Å². The fourth-order valence-corrected chi connectivity index (χ4v) is 6.53. The normalized spacial score (nSPS) is 19.4. The number of hydrogen-bond donors (Lipinski definition) is 1. The first-order chi connectivity index (χ1) is 17.0. The van der Waals surface area contributed by atoms with Gasteiger partial charge in [-0.15, -0.1) is 0 Å². The molecule has 2 aliphatic carbocycles. The molecule has 2 unspecified atom stereocenters. The zero-order valence-electron chi connectivity index (χ0n) is 22.8. The standard InChI is InChI=1S/C32H40F2N2/c1-18(2)27(19(3)4)21-8-10-22(11-9-21)28(31(36-7)30(35)20(5)6)29-24-17-26(34)25(33)16-23(24)12-13-32(29)14-15-32/h8-11,16-18,20,28-29,35H,12-15H2,1-7H3. The molecule has 192 valence electrons. The zero-order valence-corrected chi connectivity index (χ0v) is 22.8. The molecule has 0 aliphatic heterocycles. The maximum atomic E-state index is 14.6. The van der Waals surface area contributed by atoms with Gasteiger partial charge in [0.25, 0.3) is 0 Å². The Labute approximate surface area is 215 Å². The van der Waals surface area contributed by atoms with Crippen LogP contribution in [0.25, 0.3) is 5.57 Å². The average molecular weight is 491 g/mol. The first-order valence-electron chi connectivity index (χ1n) is 13.3. The van der Waals surface area contributed by atoms with Crippen LogP contribution in [0, 0.1) is 34.3 Å². The fraction of sp³-hybridized carbons (Fsp3) is 0.500. The molecule has 0 bridgehead atoms. The summed E-state index contributed by atoms with van der Waals surface area (Å²) in [5.41, 5.74) is 8.08. The van der Waals surface area contributed by atoms with Gasteiger partial charge < -0.3 is 5.41 Å². The molecular formula is C32H40F2N2. The molecule has 1 fully saturated rings. The minimum Gasteiger partial charge on any atom is -0.303 e. The van der Waals surface area contributed by atoms with Gasteiger partial charge in [-0.3, -0.25) is 4.99 Å². The van der Waals surface area contributed by atoms with Crippen molar-refractivity contribution >= 4 is 17.0 Å². The fourth-order valence-electron chi connectivity index (χ4n) is 6.53. The smallest absolute Gasteiger partial charge is 0.159 e. The van der Waals surface area contributed by atoms with Crippen LogP contribution in [0.3, 0.4) is 0 Å². The summed E-state index contributed by atoms with van der Waals surface area (Å²) in [5.74, 6) is -1.34. The zero-order chi connectivity index (χ0) is 26.4. The van der Waals surface area contributed by atoms with Crippen molar-refractivity contribution in [1.82, 2.24) is 0 Å². The number of allylic oxidation sites excluding steroid dienone is 2. The predicted octanol–water partition coefficient (Wildman–Crippen LogP) is 8.75. The number of rotatable bonds is 7. The molecule has 0 saturated heterocycles. The summed E-state index contributed by atoms with van der Waals surface area (Å²) in [6.45, 7) is 12.8. The summed E-state index contributed by atoms with van der Waals surface area (Å²) >= 11 is 0. The molecule has 2 aromatic rings. The Balaban J connectivity index is 1.91. The lowest BCUT2D eigenvalue weighted by Crippen LogP contribution is -2.36.